The van der Waals surface area contributed by atoms with E-state index in [4.69, 9.17) is 4.74 Å². The fourth-order valence-electron chi connectivity index (χ4n) is 3.41. The maximum atomic E-state index is 9.21. The quantitative estimate of drug-likeness (QED) is 0.383. The summed E-state index contributed by atoms with van der Waals surface area (Å²) in [5, 5.41) is 9.21. The molecule has 1 aliphatic heterocycles. The van der Waals surface area contributed by atoms with Crippen molar-refractivity contribution in [3.63, 3.8) is 0 Å². The van der Waals surface area contributed by atoms with Crippen LogP contribution in [0.2, 0.25) is 0 Å². The Balaban J connectivity index is 1.88. The Hall–Kier alpha value is -2.09. The zero-order valence-electron chi connectivity index (χ0n) is 14.3. The highest BCUT2D eigenvalue weighted by Crippen LogP contribution is 2.46. The van der Waals surface area contributed by atoms with Crippen molar-refractivity contribution in [1.29, 1.82) is 5.26 Å². The molecular weight excluding hydrogens is 454 g/mol. The monoisotopic (exact) mass is 467 g/mol. The number of ether oxygens (including phenoxy) is 1. The van der Waals surface area contributed by atoms with Gasteiger partial charge in [0.15, 0.2) is 0 Å². The highest BCUT2D eigenvalue weighted by Gasteiger charge is 2.32. The lowest BCUT2D eigenvalue weighted by molar-refractivity contribution is 0.106. The van der Waals surface area contributed by atoms with Gasteiger partial charge in [0.05, 0.1) is 11.6 Å². The second kappa shape index (κ2) is 6.26. The van der Waals surface area contributed by atoms with Crippen molar-refractivity contribution in [3.05, 3.63) is 74.7 Å². The highest BCUT2D eigenvalue weighted by atomic mass is 79.9. The molecule has 1 aliphatic rings. The molecule has 0 aliphatic carbocycles. The molecule has 0 radical (unpaired) electrons. The molecule has 3 aromatic rings. The molecule has 0 aromatic heterocycles. The highest BCUT2D eigenvalue weighted by molar-refractivity contribution is 9.11. The molecular formula is C22H15Br2NO. The van der Waals surface area contributed by atoms with Crippen LogP contribution in [0.1, 0.15) is 25.0 Å². The Labute approximate surface area is 169 Å². The minimum atomic E-state index is -0.494. The van der Waals surface area contributed by atoms with Crippen LogP contribution < -0.4 is 4.74 Å². The number of hydrogen-bond acceptors (Lipinski definition) is 2. The summed E-state index contributed by atoms with van der Waals surface area (Å²) in [6, 6.07) is 20.5. The lowest BCUT2D eigenvalue weighted by Crippen LogP contribution is -2.29. The van der Waals surface area contributed by atoms with Crippen molar-refractivity contribution in [2.45, 2.75) is 19.4 Å². The predicted molar refractivity (Wildman–Crippen MR) is 111 cm³/mol. The third kappa shape index (κ3) is 2.96. The van der Waals surface area contributed by atoms with Gasteiger partial charge in [0.1, 0.15) is 11.4 Å². The number of halogens is 2. The van der Waals surface area contributed by atoms with E-state index in [-0.39, 0.29) is 0 Å². The van der Waals surface area contributed by atoms with E-state index < -0.39 is 5.60 Å². The first-order valence-corrected chi connectivity index (χ1v) is 9.80. The third-order valence-corrected chi connectivity index (χ3v) is 5.55. The molecule has 3 aromatic carbocycles. The van der Waals surface area contributed by atoms with Crippen molar-refractivity contribution >= 4 is 31.9 Å². The van der Waals surface area contributed by atoms with Gasteiger partial charge >= 0.3 is 0 Å². The number of nitriles is 1. The van der Waals surface area contributed by atoms with Crippen LogP contribution in [0.25, 0.3) is 22.3 Å². The molecule has 0 spiro atoms. The molecule has 0 saturated carbocycles. The standard InChI is InChI=1S/C22H15Br2NO/c1-22(2)20-7-13(12-25)3-5-18(20)19-6-4-14(10-21(19)26-22)15-8-16(23)11-17(24)9-15/h3-11H,1-2H3. The lowest BCUT2D eigenvalue weighted by atomic mass is 9.84. The summed E-state index contributed by atoms with van der Waals surface area (Å²) in [5.41, 5.74) is 5.59. The first-order valence-electron chi connectivity index (χ1n) is 8.22. The van der Waals surface area contributed by atoms with Gasteiger partial charge in [0, 0.05) is 20.1 Å². The van der Waals surface area contributed by atoms with E-state index >= 15 is 0 Å². The average molecular weight is 469 g/mol. The molecule has 0 fully saturated rings. The van der Waals surface area contributed by atoms with Crippen molar-refractivity contribution in [3.8, 4) is 34.1 Å². The SMILES string of the molecule is CC1(C)Oc2cc(-c3cc(Br)cc(Br)c3)ccc2-c2ccc(C#N)cc21. The first kappa shape index (κ1) is 17.3. The van der Waals surface area contributed by atoms with Crippen LogP contribution in [0.3, 0.4) is 0 Å². The Kier molecular flexibility index (Phi) is 4.17. The van der Waals surface area contributed by atoms with Crippen molar-refractivity contribution in [2.75, 3.05) is 0 Å². The van der Waals surface area contributed by atoms with E-state index in [1.165, 1.54) is 0 Å². The molecule has 0 saturated heterocycles. The molecule has 128 valence electrons. The van der Waals surface area contributed by atoms with Gasteiger partial charge in [-0.15, -0.1) is 0 Å². The third-order valence-electron chi connectivity index (χ3n) is 4.63. The van der Waals surface area contributed by atoms with Gasteiger partial charge in [0.25, 0.3) is 0 Å². The molecule has 1 heterocycles. The molecule has 0 unspecified atom stereocenters. The zero-order chi connectivity index (χ0) is 18.5. The Morgan fingerprint density at radius 3 is 2.23 bits per heavy atom. The fourth-order valence-corrected chi connectivity index (χ4v) is 4.70. The van der Waals surface area contributed by atoms with Gasteiger partial charge in [-0.1, -0.05) is 50.1 Å². The number of rotatable bonds is 1. The van der Waals surface area contributed by atoms with Crippen molar-refractivity contribution in [2.24, 2.45) is 0 Å². The summed E-state index contributed by atoms with van der Waals surface area (Å²) in [4.78, 5) is 0. The molecule has 0 atom stereocenters. The summed E-state index contributed by atoms with van der Waals surface area (Å²) in [7, 11) is 0. The molecule has 4 heteroatoms. The predicted octanol–water partition coefficient (Wildman–Crippen LogP) is 7.04. The minimum absolute atomic E-state index is 0.494. The van der Waals surface area contributed by atoms with Crippen LogP contribution in [0.5, 0.6) is 5.75 Å². The van der Waals surface area contributed by atoms with Gasteiger partial charge in [-0.05, 0) is 66.9 Å². The lowest BCUT2D eigenvalue weighted by Gasteiger charge is -2.35. The molecule has 4 rings (SSSR count). The molecule has 26 heavy (non-hydrogen) atoms. The smallest absolute Gasteiger partial charge is 0.129 e. The number of hydrogen-bond donors (Lipinski definition) is 0. The van der Waals surface area contributed by atoms with Crippen LogP contribution in [0.4, 0.5) is 0 Å². The van der Waals surface area contributed by atoms with Crippen LogP contribution >= 0.6 is 31.9 Å². The Morgan fingerprint density at radius 2 is 1.54 bits per heavy atom. The maximum absolute atomic E-state index is 9.21. The van der Waals surface area contributed by atoms with E-state index in [1.54, 1.807) is 0 Å². The maximum Gasteiger partial charge on any atom is 0.129 e. The Morgan fingerprint density at radius 1 is 0.846 bits per heavy atom. The average Bonchev–Trinajstić information content (AvgIpc) is 2.59. The van der Waals surface area contributed by atoms with Crippen LogP contribution in [-0.4, -0.2) is 0 Å². The topological polar surface area (TPSA) is 33.0 Å². The number of benzene rings is 3. The van der Waals surface area contributed by atoms with E-state index in [9.17, 15) is 5.26 Å². The summed E-state index contributed by atoms with van der Waals surface area (Å²) in [6.45, 7) is 4.08. The van der Waals surface area contributed by atoms with E-state index in [0.717, 1.165) is 42.5 Å². The second-order valence-corrected chi connectivity index (χ2v) is 8.68. The largest absolute Gasteiger partial charge is 0.482 e. The van der Waals surface area contributed by atoms with Gasteiger partial charge in [-0.25, -0.2) is 0 Å². The molecule has 0 amide bonds. The van der Waals surface area contributed by atoms with Crippen LogP contribution in [0.15, 0.2) is 63.5 Å². The molecule has 0 bridgehead atoms. The zero-order valence-corrected chi connectivity index (χ0v) is 17.5. The van der Waals surface area contributed by atoms with E-state index in [2.05, 4.69) is 68.3 Å². The van der Waals surface area contributed by atoms with Crippen molar-refractivity contribution < 1.29 is 4.74 Å². The van der Waals surface area contributed by atoms with Gasteiger partial charge in [0.2, 0.25) is 0 Å². The van der Waals surface area contributed by atoms with Crippen molar-refractivity contribution in [1.82, 2.24) is 0 Å². The normalized spacial score (nSPS) is 14.0. The summed E-state index contributed by atoms with van der Waals surface area (Å²) in [6.07, 6.45) is 0. The van der Waals surface area contributed by atoms with Gasteiger partial charge in [-0.2, -0.15) is 5.26 Å². The van der Waals surface area contributed by atoms with E-state index in [0.29, 0.717) is 5.56 Å². The van der Waals surface area contributed by atoms with Crippen LogP contribution in [-0.2, 0) is 5.60 Å². The minimum Gasteiger partial charge on any atom is -0.482 e. The summed E-state index contributed by atoms with van der Waals surface area (Å²) < 4.78 is 8.38. The Bertz CT molecular complexity index is 1060. The number of nitrogens with zero attached hydrogens (tertiary/aromatic N) is 1. The first-order chi connectivity index (χ1) is 12.4. The fraction of sp³-hybridized carbons (Fsp3) is 0.136. The van der Waals surface area contributed by atoms with Crippen LogP contribution in [0, 0.1) is 11.3 Å². The van der Waals surface area contributed by atoms with E-state index in [1.807, 2.05) is 38.1 Å². The summed E-state index contributed by atoms with van der Waals surface area (Å²) in [5.74, 6) is 0.862. The summed E-state index contributed by atoms with van der Waals surface area (Å²) >= 11 is 7.10. The second-order valence-electron chi connectivity index (χ2n) is 6.85. The molecule has 0 N–H and O–H groups in total. The number of fused-ring (bicyclic) bond motifs is 3. The van der Waals surface area contributed by atoms with Gasteiger partial charge in [-0.3, -0.25) is 0 Å². The van der Waals surface area contributed by atoms with Gasteiger partial charge < -0.3 is 4.74 Å². The molecule has 2 nitrogen and oxygen atoms in total.